The van der Waals surface area contributed by atoms with Crippen LogP contribution >= 0.6 is 15.9 Å². The number of pyridine rings is 1. The molecule has 1 heterocycles. The Bertz CT molecular complexity index is 705. The van der Waals surface area contributed by atoms with Crippen molar-refractivity contribution in [1.82, 2.24) is 4.98 Å². The van der Waals surface area contributed by atoms with Gasteiger partial charge in [0.25, 0.3) is 0 Å². The highest BCUT2D eigenvalue weighted by Crippen LogP contribution is 2.34. The largest absolute Gasteiger partial charge is 0.255 e. The van der Waals surface area contributed by atoms with E-state index < -0.39 is 0 Å². The smallest absolute Gasteiger partial charge is 0.0738 e. The van der Waals surface area contributed by atoms with Crippen molar-refractivity contribution in [2.75, 3.05) is 0 Å². The Balaban J connectivity index is 2.41. The van der Waals surface area contributed by atoms with Crippen molar-refractivity contribution in [2.45, 2.75) is 6.92 Å². The van der Waals surface area contributed by atoms with Gasteiger partial charge in [-0.3, -0.25) is 4.98 Å². The number of para-hydroxylation sites is 1. The van der Waals surface area contributed by atoms with Gasteiger partial charge in [-0.15, -0.1) is 0 Å². The predicted molar refractivity (Wildman–Crippen MR) is 79.6 cm³/mol. The van der Waals surface area contributed by atoms with Gasteiger partial charge in [0.2, 0.25) is 0 Å². The van der Waals surface area contributed by atoms with E-state index in [1.54, 1.807) is 0 Å². The summed E-state index contributed by atoms with van der Waals surface area (Å²) >= 11 is 3.62. The molecule has 88 valence electrons. The van der Waals surface area contributed by atoms with E-state index in [9.17, 15) is 0 Å². The van der Waals surface area contributed by atoms with E-state index in [0.29, 0.717) is 0 Å². The number of hydrogen-bond acceptors (Lipinski definition) is 1. The molecule has 18 heavy (non-hydrogen) atoms. The number of aromatic nitrogens is 1. The fourth-order valence-electron chi connectivity index (χ4n) is 2.24. The Morgan fingerprint density at radius 2 is 1.72 bits per heavy atom. The summed E-state index contributed by atoms with van der Waals surface area (Å²) in [4.78, 5) is 4.52. The van der Waals surface area contributed by atoms with Gasteiger partial charge in [0.05, 0.1) is 5.52 Å². The molecule has 0 fully saturated rings. The zero-order chi connectivity index (χ0) is 12.5. The molecule has 3 rings (SSSR count). The fraction of sp³-hybridized carbons (Fsp3) is 0.0625. The maximum Gasteiger partial charge on any atom is 0.0738 e. The van der Waals surface area contributed by atoms with Gasteiger partial charge in [0.1, 0.15) is 0 Å². The van der Waals surface area contributed by atoms with E-state index >= 15 is 0 Å². The average Bonchev–Trinajstić information content (AvgIpc) is 2.40. The first-order valence-electron chi connectivity index (χ1n) is 5.86. The van der Waals surface area contributed by atoms with Gasteiger partial charge < -0.3 is 0 Å². The van der Waals surface area contributed by atoms with Crippen molar-refractivity contribution >= 4 is 26.8 Å². The quantitative estimate of drug-likeness (QED) is 0.618. The summed E-state index contributed by atoms with van der Waals surface area (Å²) in [6.07, 6.45) is 1.89. The lowest BCUT2D eigenvalue weighted by molar-refractivity contribution is 1.35. The second kappa shape index (κ2) is 4.54. The molecule has 0 unspecified atom stereocenters. The molecule has 0 aliphatic rings. The number of nitrogens with zero attached hydrogens (tertiary/aromatic N) is 1. The van der Waals surface area contributed by atoms with Crippen LogP contribution in [0.5, 0.6) is 0 Å². The molecule has 0 atom stereocenters. The van der Waals surface area contributed by atoms with Crippen LogP contribution in [0.2, 0.25) is 0 Å². The molecule has 0 N–H and O–H groups in total. The standard InChI is InChI=1S/C16H12BrN/c1-11-6-5-9-13-15(12-7-3-2-4-8-12)14(17)10-18-16(11)13/h2-10H,1H3. The highest BCUT2D eigenvalue weighted by molar-refractivity contribution is 9.10. The van der Waals surface area contributed by atoms with Crippen molar-refractivity contribution in [3.63, 3.8) is 0 Å². The summed E-state index contributed by atoms with van der Waals surface area (Å²) < 4.78 is 1.03. The zero-order valence-corrected chi connectivity index (χ0v) is 11.6. The van der Waals surface area contributed by atoms with Crippen LogP contribution in [-0.4, -0.2) is 4.98 Å². The van der Waals surface area contributed by atoms with Gasteiger partial charge in [0.15, 0.2) is 0 Å². The molecule has 1 nitrogen and oxygen atoms in total. The van der Waals surface area contributed by atoms with Crippen LogP contribution in [-0.2, 0) is 0 Å². The molecule has 0 bridgehead atoms. The average molecular weight is 298 g/mol. The van der Waals surface area contributed by atoms with Gasteiger partial charge >= 0.3 is 0 Å². The van der Waals surface area contributed by atoms with Crippen molar-refractivity contribution in [3.8, 4) is 11.1 Å². The predicted octanol–water partition coefficient (Wildman–Crippen LogP) is 4.97. The zero-order valence-electron chi connectivity index (χ0n) is 10.0. The molecule has 0 spiro atoms. The normalized spacial score (nSPS) is 10.8. The summed E-state index contributed by atoms with van der Waals surface area (Å²) in [5.41, 5.74) is 4.70. The molecule has 0 aliphatic carbocycles. The van der Waals surface area contributed by atoms with E-state index in [0.717, 1.165) is 9.99 Å². The van der Waals surface area contributed by atoms with E-state index in [1.807, 2.05) is 12.3 Å². The van der Waals surface area contributed by atoms with Crippen LogP contribution in [0.15, 0.2) is 59.2 Å². The monoisotopic (exact) mass is 297 g/mol. The highest BCUT2D eigenvalue weighted by atomic mass is 79.9. The molecule has 1 aromatic heterocycles. The molecule has 2 aromatic carbocycles. The van der Waals surface area contributed by atoms with Crippen LogP contribution in [0.3, 0.4) is 0 Å². The summed E-state index contributed by atoms with van der Waals surface area (Å²) in [5, 5.41) is 1.19. The lowest BCUT2D eigenvalue weighted by Gasteiger charge is -2.10. The molecular weight excluding hydrogens is 286 g/mol. The second-order valence-corrected chi connectivity index (χ2v) is 5.17. The Morgan fingerprint density at radius 3 is 2.50 bits per heavy atom. The number of benzene rings is 2. The summed E-state index contributed by atoms with van der Waals surface area (Å²) in [6, 6.07) is 16.7. The van der Waals surface area contributed by atoms with E-state index in [1.165, 1.54) is 22.1 Å². The van der Waals surface area contributed by atoms with Crippen molar-refractivity contribution in [3.05, 3.63) is 64.8 Å². The van der Waals surface area contributed by atoms with Crippen LogP contribution in [0, 0.1) is 6.92 Å². The van der Waals surface area contributed by atoms with E-state index in [2.05, 4.69) is 70.3 Å². The number of rotatable bonds is 1. The van der Waals surface area contributed by atoms with Gasteiger partial charge in [-0.25, -0.2) is 0 Å². The molecule has 0 radical (unpaired) electrons. The van der Waals surface area contributed by atoms with E-state index in [-0.39, 0.29) is 0 Å². The lowest BCUT2D eigenvalue weighted by atomic mass is 10.00. The minimum Gasteiger partial charge on any atom is -0.255 e. The van der Waals surface area contributed by atoms with E-state index in [4.69, 9.17) is 0 Å². The minimum absolute atomic E-state index is 1.03. The first-order chi connectivity index (χ1) is 8.77. The molecule has 0 amide bonds. The van der Waals surface area contributed by atoms with Crippen LogP contribution in [0.25, 0.3) is 22.0 Å². The third-order valence-electron chi connectivity index (χ3n) is 3.12. The van der Waals surface area contributed by atoms with Crippen molar-refractivity contribution in [1.29, 1.82) is 0 Å². The summed E-state index contributed by atoms with van der Waals surface area (Å²) in [5.74, 6) is 0. The maximum atomic E-state index is 4.52. The first-order valence-corrected chi connectivity index (χ1v) is 6.66. The van der Waals surface area contributed by atoms with Crippen LogP contribution in [0.4, 0.5) is 0 Å². The van der Waals surface area contributed by atoms with Gasteiger partial charge in [-0.05, 0) is 34.0 Å². The minimum atomic E-state index is 1.03. The number of fused-ring (bicyclic) bond motifs is 1. The third kappa shape index (κ3) is 1.83. The molecule has 0 aliphatic heterocycles. The third-order valence-corrected chi connectivity index (χ3v) is 3.72. The maximum absolute atomic E-state index is 4.52. The number of halogens is 1. The summed E-state index contributed by atoms with van der Waals surface area (Å²) in [7, 11) is 0. The van der Waals surface area contributed by atoms with Gasteiger partial charge in [-0.1, -0.05) is 48.5 Å². The van der Waals surface area contributed by atoms with Gasteiger partial charge in [0, 0.05) is 21.6 Å². The Labute approximate surface area is 115 Å². The van der Waals surface area contributed by atoms with Crippen LogP contribution < -0.4 is 0 Å². The molecule has 0 saturated heterocycles. The number of hydrogen-bond donors (Lipinski definition) is 0. The summed E-state index contributed by atoms with van der Waals surface area (Å²) in [6.45, 7) is 2.10. The van der Waals surface area contributed by atoms with Crippen molar-refractivity contribution in [2.24, 2.45) is 0 Å². The Hall–Kier alpha value is -1.67. The molecular formula is C16H12BrN. The Kier molecular flexibility index (Phi) is 2.88. The lowest BCUT2D eigenvalue weighted by Crippen LogP contribution is -1.88. The van der Waals surface area contributed by atoms with Gasteiger partial charge in [-0.2, -0.15) is 0 Å². The SMILES string of the molecule is Cc1cccc2c(-c3ccccc3)c(Br)cnc12. The fourth-order valence-corrected chi connectivity index (χ4v) is 2.79. The van der Waals surface area contributed by atoms with Crippen molar-refractivity contribution < 1.29 is 0 Å². The topological polar surface area (TPSA) is 12.9 Å². The second-order valence-electron chi connectivity index (χ2n) is 4.32. The Morgan fingerprint density at radius 1 is 0.944 bits per heavy atom. The first kappa shape index (κ1) is 11.4. The number of aryl methyl sites for hydroxylation is 1. The van der Waals surface area contributed by atoms with Crippen LogP contribution in [0.1, 0.15) is 5.56 Å². The molecule has 3 aromatic rings. The highest BCUT2D eigenvalue weighted by Gasteiger charge is 2.09. The molecule has 0 saturated carbocycles. The molecule has 2 heteroatoms.